The molecule has 0 aliphatic carbocycles. The van der Waals surface area contributed by atoms with Crippen molar-refractivity contribution in [1.29, 1.82) is 0 Å². The van der Waals surface area contributed by atoms with Gasteiger partial charge in [0.15, 0.2) is 0 Å². The lowest BCUT2D eigenvalue weighted by Gasteiger charge is -2.22. The summed E-state index contributed by atoms with van der Waals surface area (Å²) in [7, 11) is 0. The Morgan fingerprint density at radius 1 is 1.10 bits per heavy atom. The smallest absolute Gasteiger partial charge is 0.419 e. The molecule has 0 fully saturated rings. The van der Waals surface area contributed by atoms with Crippen molar-refractivity contribution in [2.75, 3.05) is 6.54 Å². The van der Waals surface area contributed by atoms with Gasteiger partial charge in [0.05, 0.1) is 11.3 Å². The molecule has 1 N–H and O–H groups in total. The summed E-state index contributed by atoms with van der Waals surface area (Å²) in [5.74, 6) is -1.74. The molecule has 0 bridgehead atoms. The van der Waals surface area contributed by atoms with Gasteiger partial charge in [-0.05, 0) is 30.3 Å². The predicted octanol–water partition coefficient (Wildman–Crippen LogP) is 5.21. The Morgan fingerprint density at radius 3 is 2.45 bits per heavy atom. The summed E-state index contributed by atoms with van der Waals surface area (Å²) in [5.41, 5.74) is -1.04. The number of nitrogens with one attached hydrogen (secondary N) is 1. The number of oxazole rings is 1. The van der Waals surface area contributed by atoms with Crippen LogP contribution in [0.25, 0.3) is 11.5 Å². The minimum atomic E-state index is -4.88. The Balaban J connectivity index is 1.72. The van der Waals surface area contributed by atoms with E-state index in [2.05, 4.69) is 10.3 Å². The minimum Gasteiger partial charge on any atom is -0.444 e. The number of nitrogens with zero attached hydrogens (tertiary/aromatic N) is 1. The van der Waals surface area contributed by atoms with Crippen LogP contribution in [0.2, 0.25) is 0 Å². The van der Waals surface area contributed by atoms with E-state index in [1.54, 1.807) is 0 Å². The fourth-order valence-corrected chi connectivity index (χ4v) is 2.68. The molecular formula is C21H18F4N2O2. The number of aromatic nitrogens is 1. The van der Waals surface area contributed by atoms with E-state index in [1.807, 2.05) is 44.2 Å². The van der Waals surface area contributed by atoms with Crippen molar-refractivity contribution in [3.8, 4) is 11.5 Å². The second kappa shape index (κ2) is 7.69. The molecule has 0 saturated heterocycles. The first-order valence-electron chi connectivity index (χ1n) is 8.74. The summed E-state index contributed by atoms with van der Waals surface area (Å²) in [6.07, 6.45) is -3.40. The molecule has 3 rings (SSSR count). The van der Waals surface area contributed by atoms with Crippen LogP contribution in [0.3, 0.4) is 0 Å². The van der Waals surface area contributed by atoms with E-state index >= 15 is 0 Å². The van der Waals surface area contributed by atoms with Crippen molar-refractivity contribution in [3.63, 3.8) is 0 Å². The highest BCUT2D eigenvalue weighted by Gasteiger charge is 2.35. The summed E-state index contributed by atoms with van der Waals surface area (Å²) in [5, 5.41) is 2.57. The Morgan fingerprint density at radius 2 is 1.79 bits per heavy atom. The van der Waals surface area contributed by atoms with Gasteiger partial charge < -0.3 is 9.73 Å². The van der Waals surface area contributed by atoms with E-state index < -0.39 is 28.9 Å². The third-order valence-electron chi connectivity index (χ3n) is 4.44. The monoisotopic (exact) mass is 406 g/mol. The van der Waals surface area contributed by atoms with Crippen LogP contribution < -0.4 is 5.32 Å². The fraction of sp³-hybridized carbons (Fsp3) is 0.238. The molecule has 0 radical (unpaired) electrons. The highest BCUT2D eigenvalue weighted by molar-refractivity contribution is 5.94. The van der Waals surface area contributed by atoms with Crippen molar-refractivity contribution in [1.82, 2.24) is 10.3 Å². The Labute approximate surface area is 164 Å². The second-order valence-corrected chi connectivity index (χ2v) is 7.16. The van der Waals surface area contributed by atoms with Crippen LogP contribution in [0.15, 0.2) is 59.2 Å². The first-order chi connectivity index (χ1) is 13.6. The van der Waals surface area contributed by atoms with Crippen LogP contribution in [-0.2, 0) is 11.6 Å². The maximum Gasteiger partial charge on any atom is 0.419 e. The standard InChI is InChI=1S/C21H18F4N2O2/c1-20(2,17-11-29-19(27-17)13-6-4-3-5-7-13)12-26-18(28)14-8-9-16(22)15(10-14)21(23,24)25/h3-11H,12H2,1-2H3,(H,26,28). The van der Waals surface area contributed by atoms with E-state index in [9.17, 15) is 22.4 Å². The number of hydrogen-bond acceptors (Lipinski definition) is 3. The molecule has 152 valence electrons. The molecule has 4 nitrogen and oxygen atoms in total. The molecule has 0 saturated carbocycles. The number of carbonyl (C=O) groups excluding carboxylic acids is 1. The molecule has 8 heteroatoms. The SMILES string of the molecule is CC(C)(CNC(=O)c1ccc(F)c(C(F)(F)F)c1)c1coc(-c2ccccc2)n1. The van der Waals surface area contributed by atoms with Crippen LogP contribution in [0.4, 0.5) is 17.6 Å². The normalized spacial score (nSPS) is 12.1. The topological polar surface area (TPSA) is 55.1 Å². The molecule has 0 atom stereocenters. The minimum absolute atomic E-state index is 0.0886. The summed E-state index contributed by atoms with van der Waals surface area (Å²) in [6, 6.07) is 11.4. The van der Waals surface area contributed by atoms with E-state index in [-0.39, 0.29) is 12.1 Å². The number of amides is 1. The Kier molecular flexibility index (Phi) is 5.46. The van der Waals surface area contributed by atoms with E-state index in [0.717, 1.165) is 11.6 Å². The molecule has 2 aromatic carbocycles. The van der Waals surface area contributed by atoms with Gasteiger partial charge in [0.2, 0.25) is 5.89 Å². The van der Waals surface area contributed by atoms with Gasteiger partial charge in [-0.2, -0.15) is 13.2 Å². The number of hydrogen-bond donors (Lipinski definition) is 1. The van der Waals surface area contributed by atoms with Gasteiger partial charge in [-0.15, -0.1) is 0 Å². The number of rotatable bonds is 5. The molecule has 0 spiro atoms. The predicted molar refractivity (Wildman–Crippen MR) is 98.7 cm³/mol. The third-order valence-corrected chi connectivity index (χ3v) is 4.44. The maximum absolute atomic E-state index is 13.4. The summed E-state index contributed by atoms with van der Waals surface area (Å²) in [4.78, 5) is 16.7. The highest BCUT2D eigenvalue weighted by Crippen LogP contribution is 2.32. The lowest BCUT2D eigenvalue weighted by Crippen LogP contribution is -2.37. The third kappa shape index (κ3) is 4.64. The van der Waals surface area contributed by atoms with Crippen LogP contribution in [0, 0.1) is 5.82 Å². The lowest BCUT2D eigenvalue weighted by molar-refractivity contribution is -0.140. The summed E-state index contributed by atoms with van der Waals surface area (Å²) >= 11 is 0. The zero-order chi connectivity index (χ0) is 21.2. The summed E-state index contributed by atoms with van der Waals surface area (Å²) < 4.78 is 57.4. The molecule has 0 aliphatic heterocycles. The largest absolute Gasteiger partial charge is 0.444 e. The van der Waals surface area contributed by atoms with Crippen LogP contribution >= 0.6 is 0 Å². The molecule has 29 heavy (non-hydrogen) atoms. The second-order valence-electron chi connectivity index (χ2n) is 7.16. The van der Waals surface area contributed by atoms with E-state index in [4.69, 9.17) is 4.42 Å². The first-order valence-corrected chi connectivity index (χ1v) is 8.74. The van der Waals surface area contributed by atoms with Crippen LogP contribution in [0.1, 0.15) is 35.5 Å². The van der Waals surface area contributed by atoms with Gasteiger partial charge in [-0.1, -0.05) is 32.0 Å². The van der Waals surface area contributed by atoms with Gasteiger partial charge in [0, 0.05) is 23.1 Å². The van der Waals surface area contributed by atoms with Gasteiger partial charge in [-0.25, -0.2) is 9.37 Å². The Hall–Kier alpha value is -3.16. The van der Waals surface area contributed by atoms with Crippen molar-refractivity contribution < 1.29 is 26.8 Å². The number of benzene rings is 2. The number of halogens is 4. The van der Waals surface area contributed by atoms with Crippen molar-refractivity contribution in [2.45, 2.75) is 25.4 Å². The fourth-order valence-electron chi connectivity index (χ4n) is 2.68. The zero-order valence-electron chi connectivity index (χ0n) is 15.7. The lowest BCUT2D eigenvalue weighted by atomic mass is 9.90. The van der Waals surface area contributed by atoms with Gasteiger partial charge in [-0.3, -0.25) is 4.79 Å². The Bertz CT molecular complexity index is 1010. The highest BCUT2D eigenvalue weighted by atomic mass is 19.4. The molecule has 1 heterocycles. The number of alkyl halides is 3. The van der Waals surface area contributed by atoms with Gasteiger partial charge in [0.1, 0.15) is 12.1 Å². The molecule has 1 amide bonds. The van der Waals surface area contributed by atoms with Gasteiger partial charge >= 0.3 is 6.18 Å². The van der Waals surface area contributed by atoms with Gasteiger partial charge in [0.25, 0.3) is 5.91 Å². The van der Waals surface area contributed by atoms with Crippen molar-refractivity contribution in [3.05, 3.63) is 77.4 Å². The maximum atomic E-state index is 13.4. The average Bonchev–Trinajstić information content (AvgIpc) is 3.17. The first kappa shape index (κ1) is 20.6. The van der Waals surface area contributed by atoms with Crippen LogP contribution in [-0.4, -0.2) is 17.4 Å². The van der Waals surface area contributed by atoms with Crippen molar-refractivity contribution >= 4 is 5.91 Å². The van der Waals surface area contributed by atoms with E-state index in [0.29, 0.717) is 23.7 Å². The quantitative estimate of drug-likeness (QED) is 0.592. The molecule has 3 aromatic rings. The molecule has 0 unspecified atom stereocenters. The average molecular weight is 406 g/mol. The molecule has 1 aromatic heterocycles. The van der Waals surface area contributed by atoms with Crippen LogP contribution in [0.5, 0.6) is 0 Å². The zero-order valence-corrected chi connectivity index (χ0v) is 15.7. The van der Waals surface area contributed by atoms with E-state index in [1.165, 1.54) is 6.26 Å². The number of carbonyl (C=O) groups is 1. The van der Waals surface area contributed by atoms with Crippen molar-refractivity contribution in [2.24, 2.45) is 0 Å². The summed E-state index contributed by atoms with van der Waals surface area (Å²) in [6.45, 7) is 3.71. The molecule has 0 aliphatic rings. The molecular weight excluding hydrogens is 388 g/mol.